The second kappa shape index (κ2) is 9.38. The van der Waals surface area contributed by atoms with E-state index < -0.39 is 12.1 Å². The molecule has 3 rings (SSSR count). The van der Waals surface area contributed by atoms with Crippen LogP contribution in [0.25, 0.3) is 22.6 Å². The Morgan fingerprint density at radius 2 is 1.93 bits per heavy atom. The maximum atomic E-state index is 10.9. The number of halogens is 1. The Hall–Kier alpha value is -1.85. The van der Waals surface area contributed by atoms with Crippen LogP contribution >= 0.6 is 11.6 Å². The second-order valence-corrected chi connectivity index (χ2v) is 6.46. The molecule has 1 aromatic heterocycles. The van der Waals surface area contributed by atoms with Gasteiger partial charge >= 0.3 is 35.5 Å². The van der Waals surface area contributed by atoms with Crippen molar-refractivity contribution in [1.29, 1.82) is 0 Å². The number of allylic oxidation sites excluding steroid dienone is 1. The molecule has 1 unspecified atom stereocenters. The molecule has 27 heavy (non-hydrogen) atoms. The van der Waals surface area contributed by atoms with E-state index in [9.17, 15) is 4.79 Å². The normalized spacial score (nSPS) is 12.3. The van der Waals surface area contributed by atoms with Crippen molar-refractivity contribution < 1.29 is 14.6 Å². The van der Waals surface area contributed by atoms with Gasteiger partial charge in [-0.05, 0) is 61.4 Å². The number of nitrogens with zero attached hydrogens (tertiary/aromatic N) is 1. The molecule has 6 heteroatoms. The van der Waals surface area contributed by atoms with E-state index in [-0.39, 0.29) is 29.6 Å². The van der Waals surface area contributed by atoms with Crippen LogP contribution in [0.5, 0.6) is 5.75 Å². The van der Waals surface area contributed by atoms with Crippen molar-refractivity contribution in [3.63, 3.8) is 0 Å². The zero-order chi connectivity index (χ0) is 18.7. The fraction of sp³-hybridized carbons (Fsp3) is 0.143. The quantitative estimate of drug-likeness (QED) is 0.643. The number of pyridine rings is 1. The first-order valence-corrected chi connectivity index (χ1v) is 8.55. The summed E-state index contributed by atoms with van der Waals surface area (Å²) in [5, 5.41) is 10.7. The molecule has 0 bridgehead atoms. The number of carbonyl (C=O) groups is 1. The minimum absolute atomic E-state index is 0. The van der Waals surface area contributed by atoms with E-state index in [2.05, 4.69) is 4.98 Å². The van der Waals surface area contributed by atoms with E-state index in [4.69, 9.17) is 21.4 Å². The van der Waals surface area contributed by atoms with Gasteiger partial charge in [-0.25, -0.2) is 9.78 Å². The molecule has 0 radical (unpaired) electrons. The first-order chi connectivity index (χ1) is 12.4. The number of aromatic nitrogens is 1. The number of hydrogen-bond acceptors (Lipinski definition) is 3. The molecular formula is C21H19ClNNaO3. The fourth-order valence-corrected chi connectivity index (χ4v) is 2.73. The van der Waals surface area contributed by atoms with Gasteiger partial charge in [0.1, 0.15) is 5.75 Å². The third kappa shape index (κ3) is 5.56. The molecule has 1 heterocycles. The van der Waals surface area contributed by atoms with Gasteiger partial charge in [-0.1, -0.05) is 35.9 Å². The number of aliphatic carboxylic acids is 1. The van der Waals surface area contributed by atoms with Gasteiger partial charge in [0.25, 0.3) is 0 Å². The number of hydrogen-bond donors (Lipinski definition) is 1. The second-order valence-electron chi connectivity index (χ2n) is 6.03. The van der Waals surface area contributed by atoms with Crippen molar-refractivity contribution in [2.45, 2.75) is 20.0 Å². The molecule has 0 saturated carbocycles. The van der Waals surface area contributed by atoms with Gasteiger partial charge in [0.15, 0.2) is 6.10 Å². The van der Waals surface area contributed by atoms with Crippen molar-refractivity contribution in [2.24, 2.45) is 0 Å². The van der Waals surface area contributed by atoms with Crippen LogP contribution in [0.4, 0.5) is 0 Å². The van der Waals surface area contributed by atoms with E-state index in [1.165, 1.54) is 6.92 Å². The summed E-state index contributed by atoms with van der Waals surface area (Å²) in [6, 6.07) is 16.9. The summed E-state index contributed by atoms with van der Waals surface area (Å²) in [7, 11) is 0. The third-order valence-corrected chi connectivity index (χ3v) is 4.23. The summed E-state index contributed by atoms with van der Waals surface area (Å²) in [5.74, 6) is -0.481. The van der Waals surface area contributed by atoms with Gasteiger partial charge < -0.3 is 9.84 Å². The molecule has 0 aliphatic carbocycles. The summed E-state index contributed by atoms with van der Waals surface area (Å²) in [6.07, 6.45) is 1.07. The molecule has 4 nitrogen and oxygen atoms in total. The summed E-state index contributed by atoms with van der Waals surface area (Å²) in [4.78, 5) is 15.6. The molecule has 2 aromatic carbocycles. The van der Waals surface area contributed by atoms with Gasteiger partial charge in [-0.15, -0.1) is 0 Å². The van der Waals surface area contributed by atoms with Gasteiger partial charge in [0.05, 0.1) is 11.2 Å². The predicted octanol–water partition coefficient (Wildman–Crippen LogP) is 4.65. The molecule has 0 fully saturated rings. The van der Waals surface area contributed by atoms with E-state index >= 15 is 0 Å². The molecule has 0 aliphatic heterocycles. The van der Waals surface area contributed by atoms with Crippen LogP contribution in [0, 0.1) is 0 Å². The summed E-state index contributed by atoms with van der Waals surface area (Å²) in [5.41, 5.74) is 3.59. The number of ether oxygens (including phenoxy) is 1. The SMILES string of the molecule is C/C(=C\c1ccc2ccc(Cl)cc2n1)c1cccc(OC(C)C(=O)O)c1.[NaH]. The van der Waals surface area contributed by atoms with Crippen LogP contribution < -0.4 is 4.74 Å². The predicted molar refractivity (Wildman–Crippen MR) is 112 cm³/mol. The molecule has 134 valence electrons. The van der Waals surface area contributed by atoms with Gasteiger partial charge in [-0.3, -0.25) is 0 Å². The van der Waals surface area contributed by atoms with Gasteiger partial charge in [0, 0.05) is 10.4 Å². The number of benzene rings is 2. The number of fused-ring (bicyclic) bond motifs is 1. The first-order valence-electron chi connectivity index (χ1n) is 8.17. The van der Waals surface area contributed by atoms with Crippen LogP contribution in [0.2, 0.25) is 5.02 Å². The van der Waals surface area contributed by atoms with Crippen molar-refractivity contribution in [2.75, 3.05) is 0 Å². The van der Waals surface area contributed by atoms with E-state index in [0.717, 1.165) is 27.7 Å². The average molecular weight is 392 g/mol. The van der Waals surface area contributed by atoms with Crippen LogP contribution in [0.15, 0.2) is 54.6 Å². The number of carboxylic acid groups (broad SMARTS) is 1. The van der Waals surface area contributed by atoms with Crippen molar-refractivity contribution in [1.82, 2.24) is 4.98 Å². The third-order valence-electron chi connectivity index (χ3n) is 3.99. The summed E-state index contributed by atoms with van der Waals surface area (Å²) in [6.45, 7) is 3.48. The fourth-order valence-electron chi connectivity index (χ4n) is 2.56. The Morgan fingerprint density at radius 1 is 1.19 bits per heavy atom. The number of rotatable bonds is 5. The zero-order valence-electron chi connectivity index (χ0n) is 14.4. The summed E-state index contributed by atoms with van der Waals surface area (Å²) >= 11 is 6.04. The molecule has 1 N–H and O–H groups in total. The van der Waals surface area contributed by atoms with E-state index in [0.29, 0.717) is 10.8 Å². The van der Waals surface area contributed by atoms with Gasteiger partial charge in [0.2, 0.25) is 0 Å². The number of carboxylic acids is 1. The van der Waals surface area contributed by atoms with Crippen LogP contribution in [0.3, 0.4) is 0 Å². The molecule has 1 atom stereocenters. The molecule has 3 aromatic rings. The van der Waals surface area contributed by atoms with Crippen LogP contribution in [-0.4, -0.2) is 51.7 Å². The van der Waals surface area contributed by atoms with E-state index in [1.807, 2.05) is 61.5 Å². The first kappa shape index (κ1) is 21.5. The van der Waals surface area contributed by atoms with Gasteiger partial charge in [-0.2, -0.15) is 0 Å². The van der Waals surface area contributed by atoms with Crippen molar-refractivity contribution in [3.05, 3.63) is 70.9 Å². The van der Waals surface area contributed by atoms with E-state index in [1.54, 1.807) is 6.07 Å². The molecular weight excluding hydrogens is 373 g/mol. The zero-order valence-corrected chi connectivity index (χ0v) is 15.2. The molecule has 0 amide bonds. The van der Waals surface area contributed by atoms with Crippen molar-refractivity contribution in [3.8, 4) is 5.75 Å². The Labute approximate surface area is 185 Å². The minimum atomic E-state index is -0.998. The molecule has 0 spiro atoms. The Kier molecular flexibility index (Phi) is 7.45. The maximum absolute atomic E-state index is 10.9. The molecule has 0 saturated heterocycles. The topological polar surface area (TPSA) is 59.4 Å². The standard InChI is InChI=1S/C21H18ClNO3.Na.H/c1-13(16-4-3-5-19(11-16)26-14(2)21(24)25)10-18-9-7-15-6-8-17(22)12-20(15)23-18;;/h3-12,14H,1-2H3,(H,24,25);;/b13-10+;;. The van der Waals surface area contributed by atoms with Crippen LogP contribution in [0.1, 0.15) is 25.1 Å². The molecule has 0 aliphatic rings. The summed E-state index contributed by atoms with van der Waals surface area (Å²) < 4.78 is 5.43. The average Bonchev–Trinajstić information content (AvgIpc) is 2.61. The Morgan fingerprint density at radius 3 is 2.67 bits per heavy atom. The van der Waals surface area contributed by atoms with Crippen molar-refractivity contribution >= 4 is 69.7 Å². The Bertz CT molecular complexity index is 1000. The monoisotopic (exact) mass is 391 g/mol. The van der Waals surface area contributed by atoms with Crippen LogP contribution in [-0.2, 0) is 4.79 Å². The Balaban J connectivity index is 0.00000261.